The Morgan fingerprint density at radius 1 is 1.24 bits per heavy atom. The van der Waals surface area contributed by atoms with Crippen molar-refractivity contribution in [3.63, 3.8) is 0 Å². The van der Waals surface area contributed by atoms with Gasteiger partial charge < -0.3 is 28.9 Å². The van der Waals surface area contributed by atoms with Crippen LogP contribution in [0.1, 0.15) is 71.6 Å². The summed E-state index contributed by atoms with van der Waals surface area (Å²) in [4.78, 5) is 29.1. The predicted octanol–water partition coefficient (Wildman–Crippen LogP) is 4.66. The summed E-state index contributed by atoms with van der Waals surface area (Å²) >= 11 is -2.54. The molecule has 0 spiro atoms. The number of carbonyl (C=O) groups excluding carboxylic acids is 1. The van der Waals surface area contributed by atoms with Crippen LogP contribution >= 0.6 is 0 Å². The minimum Gasteiger partial charge on any atom is -0.760 e. The summed E-state index contributed by atoms with van der Waals surface area (Å²) in [7, 11) is 1.57. The number of rotatable bonds is 11. The number of hydrogen-bond donors (Lipinski definition) is 2. The third kappa shape index (κ3) is 6.61. The van der Waals surface area contributed by atoms with E-state index in [1.54, 1.807) is 7.05 Å². The SMILES string of the molecule is CNC(=O)c1c(-c2ccc(C)cc2)oc2nc(CN(CCCC3(OC(=O)O)CCOCC3)S(=O)[O-])c(C3CC3)cc12. The molecule has 12 heteroatoms. The Hall–Kier alpha value is -3.32. The van der Waals surface area contributed by atoms with Crippen LogP contribution in [0.5, 0.6) is 0 Å². The van der Waals surface area contributed by atoms with Crippen LogP contribution in [0.25, 0.3) is 22.4 Å². The Morgan fingerprint density at radius 2 is 1.95 bits per heavy atom. The fourth-order valence-corrected chi connectivity index (χ4v) is 6.00. The van der Waals surface area contributed by atoms with E-state index in [0.717, 1.165) is 29.5 Å². The van der Waals surface area contributed by atoms with Gasteiger partial charge in [-0.15, -0.1) is 0 Å². The fourth-order valence-electron chi connectivity index (χ4n) is 5.49. The molecule has 2 fully saturated rings. The topological polar surface area (TPSA) is 154 Å². The third-order valence-corrected chi connectivity index (χ3v) is 8.60. The highest BCUT2D eigenvalue weighted by molar-refractivity contribution is 7.76. The average molecular weight is 585 g/mol. The Balaban J connectivity index is 1.44. The van der Waals surface area contributed by atoms with Gasteiger partial charge in [0, 0.05) is 43.3 Å². The average Bonchev–Trinajstić information content (AvgIpc) is 3.72. The Bertz CT molecular complexity index is 1440. The number of ether oxygens (including phenoxy) is 2. The molecule has 41 heavy (non-hydrogen) atoms. The van der Waals surface area contributed by atoms with Gasteiger partial charge in [0.25, 0.3) is 5.91 Å². The van der Waals surface area contributed by atoms with E-state index in [-0.39, 0.29) is 30.6 Å². The molecular formula is C29H34N3O8S-. The highest BCUT2D eigenvalue weighted by Crippen LogP contribution is 2.44. The van der Waals surface area contributed by atoms with E-state index in [4.69, 9.17) is 18.9 Å². The van der Waals surface area contributed by atoms with Crippen molar-refractivity contribution in [2.45, 2.75) is 63.5 Å². The molecule has 3 aromatic rings. The number of aryl methyl sites for hydroxylation is 1. The molecule has 1 aromatic carbocycles. The molecule has 2 aromatic heterocycles. The predicted molar refractivity (Wildman–Crippen MR) is 150 cm³/mol. The van der Waals surface area contributed by atoms with Crippen LogP contribution in [-0.2, 0) is 27.3 Å². The molecule has 1 aliphatic heterocycles. The van der Waals surface area contributed by atoms with E-state index in [2.05, 4.69) is 5.32 Å². The molecule has 5 rings (SSSR count). The first-order valence-electron chi connectivity index (χ1n) is 13.8. The lowest BCUT2D eigenvalue weighted by atomic mass is 9.89. The summed E-state index contributed by atoms with van der Waals surface area (Å²) in [6.07, 6.45) is 2.21. The van der Waals surface area contributed by atoms with Crippen molar-refractivity contribution in [2.75, 3.05) is 26.8 Å². The first-order chi connectivity index (χ1) is 19.7. The van der Waals surface area contributed by atoms with E-state index < -0.39 is 23.0 Å². The number of benzene rings is 1. The van der Waals surface area contributed by atoms with Crippen LogP contribution in [-0.4, -0.2) is 67.6 Å². The number of furan rings is 1. The highest BCUT2D eigenvalue weighted by Gasteiger charge is 2.37. The standard InChI is InChI=1S/C29H35N3O8S/c1-18-4-6-20(7-5-18)25-24(26(33)30-2)22-16-21(19-8-9-19)23(31-27(22)39-25)17-32(41(36)37)13-3-10-29(40-28(34)35)11-14-38-15-12-29/h4-7,16,19H,3,8-15,17H2,1-2H3,(H,30,33)(H,34,35)(H,36,37)/p-1. The van der Waals surface area contributed by atoms with E-state index in [1.807, 2.05) is 37.3 Å². The molecule has 3 heterocycles. The highest BCUT2D eigenvalue weighted by atomic mass is 32.2. The lowest BCUT2D eigenvalue weighted by Crippen LogP contribution is -2.41. The van der Waals surface area contributed by atoms with Crippen LogP contribution in [0.15, 0.2) is 34.7 Å². The number of pyridine rings is 1. The van der Waals surface area contributed by atoms with Gasteiger partial charge >= 0.3 is 6.16 Å². The van der Waals surface area contributed by atoms with Gasteiger partial charge in [-0.3, -0.25) is 9.00 Å². The monoisotopic (exact) mass is 584 g/mol. The van der Waals surface area contributed by atoms with Gasteiger partial charge in [0.15, 0.2) is 0 Å². The number of carbonyl (C=O) groups is 2. The van der Waals surface area contributed by atoms with Crippen LogP contribution in [0.4, 0.5) is 4.79 Å². The molecule has 2 N–H and O–H groups in total. The molecule has 1 saturated heterocycles. The van der Waals surface area contributed by atoms with Gasteiger partial charge in [-0.25, -0.2) is 14.1 Å². The van der Waals surface area contributed by atoms with Crippen molar-refractivity contribution >= 4 is 34.4 Å². The molecule has 1 unspecified atom stereocenters. The number of carboxylic acid groups (broad SMARTS) is 1. The van der Waals surface area contributed by atoms with Gasteiger partial charge in [-0.05, 0) is 50.2 Å². The van der Waals surface area contributed by atoms with Gasteiger partial charge in [0.05, 0.1) is 36.4 Å². The molecule has 1 atom stereocenters. The largest absolute Gasteiger partial charge is 0.760 e. The van der Waals surface area contributed by atoms with E-state index in [9.17, 15) is 23.5 Å². The van der Waals surface area contributed by atoms with Gasteiger partial charge in [-0.2, -0.15) is 0 Å². The lowest BCUT2D eigenvalue weighted by Gasteiger charge is -2.36. The van der Waals surface area contributed by atoms with E-state index in [1.165, 1.54) is 4.31 Å². The summed E-state index contributed by atoms with van der Waals surface area (Å²) in [6, 6.07) is 9.59. The maximum absolute atomic E-state index is 13.0. The normalized spacial score (nSPS) is 17.5. The zero-order valence-corrected chi connectivity index (χ0v) is 24.0. The second-order valence-electron chi connectivity index (χ2n) is 10.8. The van der Waals surface area contributed by atoms with Crippen LogP contribution in [0.3, 0.4) is 0 Å². The molecule has 220 valence electrons. The quantitative estimate of drug-likeness (QED) is 0.242. The molecule has 0 radical (unpaired) electrons. The minimum atomic E-state index is -2.54. The van der Waals surface area contributed by atoms with Crippen molar-refractivity contribution in [3.8, 4) is 11.3 Å². The van der Waals surface area contributed by atoms with Gasteiger partial charge in [0.2, 0.25) is 5.71 Å². The number of hydrogen-bond acceptors (Lipinski definition) is 8. The van der Waals surface area contributed by atoms with Crippen molar-refractivity contribution in [3.05, 3.63) is 52.7 Å². The summed E-state index contributed by atoms with van der Waals surface area (Å²) in [5.74, 6) is 0.354. The molecule has 1 saturated carbocycles. The van der Waals surface area contributed by atoms with E-state index >= 15 is 0 Å². The zero-order chi connectivity index (χ0) is 29.1. The third-order valence-electron chi connectivity index (χ3n) is 7.86. The first kappa shape index (κ1) is 29.2. The van der Waals surface area contributed by atoms with Gasteiger partial charge in [0.1, 0.15) is 11.4 Å². The van der Waals surface area contributed by atoms with Crippen molar-refractivity contribution in [1.82, 2.24) is 14.6 Å². The van der Waals surface area contributed by atoms with Gasteiger partial charge in [-0.1, -0.05) is 29.8 Å². The lowest BCUT2D eigenvalue weighted by molar-refractivity contribution is -0.0902. The fraction of sp³-hybridized carbons (Fsp3) is 0.483. The first-order valence-corrected chi connectivity index (χ1v) is 14.8. The Kier molecular flexibility index (Phi) is 8.74. The number of fused-ring (bicyclic) bond motifs is 1. The number of amides is 1. The maximum atomic E-state index is 13.0. The summed E-state index contributed by atoms with van der Waals surface area (Å²) < 4.78 is 42.6. The Morgan fingerprint density at radius 3 is 2.56 bits per heavy atom. The van der Waals surface area contributed by atoms with Crippen molar-refractivity contribution in [1.29, 1.82) is 0 Å². The number of nitrogens with zero attached hydrogens (tertiary/aromatic N) is 2. The second kappa shape index (κ2) is 12.3. The zero-order valence-electron chi connectivity index (χ0n) is 23.1. The van der Waals surface area contributed by atoms with Crippen LogP contribution in [0, 0.1) is 6.92 Å². The molecular weight excluding hydrogens is 550 g/mol. The second-order valence-corrected chi connectivity index (χ2v) is 11.7. The van der Waals surface area contributed by atoms with E-state index in [0.29, 0.717) is 61.3 Å². The minimum absolute atomic E-state index is 0.0314. The molecule has 1 amide bonds. The summed E-state index contributed by atoms with van der Waals surface area (Å²) in [6.45, 7) is 2.97. The summed E-state index contributed by atoms with van der Waals surface area (Å²) in [5.41, 5.74) is 3.10. The van der Waals surface area contributed by atoms with Crippen LogP contribution < -0.4 is 5.32 Å². The Labute approximate surface area is 240 Å². The maximum Gasteiger partial charge on any atom is 0.506 e. The van der Waals surface area contributed by atoms with Crippen LogP contribution in [0.2, 0.25) is 0 Å². The molecule has 11 nitrogen and oxygen atoms in total. The van der Waals surface area contributed by atoms with Crippen molar-refractivity contribution in [2.24, 2.45) is 0 Å². The summed E-state index contributed by atoms with van der Waals surface area (Å²) in [5, 5.41) is 12.5. The number of nitrogens with one attached hydrogen (secondary N) is 1. The smallest absolute Gasteiger partial charge is 0.506 e. The molecule has 0 bridgehead atoms. The number of aromatic nitrogens is 1. The molecule has 1 aliphatic carbocycles. The van der Waals surface area contributed by atoms with Crippen molar-refractivity contribution < 1.29 is 37.3 Å². The molecule has 2 aliphatic rings.